The summed E-state index contributed by atoms with van der Waals surface area (Å²) in [7, 11) is 1.60. The lowest BCUT2D eigenvalue weighted by molar-refractivity contribution is -0.115. The topological polar surface area (TPSA) is 59.6 Å². The summed E-state index contributed by atoms with van der Waals surface area (Å²) in [5.74, 6) is 1.51. The van der Waals surface area contributed by atoms with Crippen LogP contribution in [0.2, 0.25) is 0 Å². The molecule has 0 radical (unpaired) electrons. The number of carbonyl (C=O) groups is 1. The smallest absolute Gasteiger partial charge is 0.226 e. The van der Waals surface area contributed by atoms with Crippen LogP contribution < -0.4 is 20.1 Å². The highest BCUT2D eigenvalue weighted by molar-refractivity contribution is 5.91. The number of benzene rings is 2. The second-order valence-electron chi connectivity index (χ2n) is 4.91. The fourth-order valence-corrected chi connectivity index (χ4v) is 2.08. The zero-order valence-corrected chi connectivity index (χ0v) is 13.5. The van der Waals surface area contributed by atoms with Crippen LogP contribution in [0, 0.1) is 0 Å². The summed E-state index contributed by atoms with van der Waals surface area (Å²) < 4.78 is 10.5. The largest absolute Gasteiger partial charge is 0.497 e. The third-order valence-electron chi connectivity index (χ3n) is 3.20. The predicted octanol–water partition coefficient (Wildman–Crippen LogP) is 3.53. The Hall–Kier alpha value is -2.69. The van der Waals surface area contributed by atoms with Gasteiger partial charge in [0.1, 0.15) is 11.5 Å². The van der Waals surface area contributed by atoms with Gasteiger partial charge < -0.3 is 20.1 Å². The van der Waals surface area contributed by atoms with Crippen molar-refractivity contribution in [3.8, 4) is 11.5 Å². The van der Waals surface area contributed by atoms with Crippen LogP contribution in [0.5, 0.6) is 11.5 Å². The van der Waals surface area contributed by atoms with Crippen molar-refractivity contribution in [2.45, 2.75) is 13.3 Å². The van der Waals surface area contributed by atoms with Gasteiger partial charge in [0.15, 0.2) is 0 Å². The van der Waals surface area contributed by atoms with Crippen LogP contribution in [0.3, 0.4) is 0 Å². The van der Waals surface area contributed by atoms with Gasteiger partial charge in [-0.25, -0.2) is 0 Å². The highest BCUT2D eigenvalue weighted by atomic mass is 16.5. The van der Waals surface area contributed by atoms with Crippen LogP contribution in [0.25, 0.3) is 0 Å². The van der Waals surface area contributed by atoms with Gasteiger partial charge in [0.05, 0.1) is 13.7 Å². The molecule has 0 atom stereocenters. The van der Waals surface area contributed by atoms with Crippen molar-refractivity contribution in [3.05, 3.63) is 48.5 Å². The van der Waals surface area contributed by atoms with Crippen molar-refractivity contribution in [2.75, 3.05) is 30.9 Å². The molecule has 122 valence electrons. The van der Waals surface area contributed by atoms with E-state index in [1.807, 2.05) is 49.4 Å². The average Bonchev–Trinajstić information content (AvgIpc) is 2.57. The van der Waals surface area contributed by atoms with E-state index < -0.39 is 0 Å². The van der Waals surface area contributed by atoms with Crippen molar-refractivity contribution in [1.82, 2.24) is 0 Å². The van der Waals surface area contributed by atoms with Crippen molar-refractivity contribution < 1.29 is 14.3 Å². The molecule has 2 rings (SSSR count). The number of rotatable bonds is 8. The van der Waals surface area contributed by atoms with Gasteiger partial charge in [0, 0.05) is 30.4 Å². The SMILES string of the molecule is CCOc1ccc(NCCC(=O)Nc2cccc(OC)c2)cc1. The molecule has 0 saturated carbocycles. The average molecular weight is 314 g/mol. The maximum atomic E-state index is 11.9. The minimum absolute atomic E-state index is 0.0447. The van der Waals surface area contributed by atoms with E-state index >= 15 is 0 Å². The maximum Gasteiger partial charge on any atom is 0.226 e. The first-order valence-corrected chi connectivity index (χ1v) is 7.62. The number of hydrogen-bond acceptors (Lipinski definition) is 4. The maximum absolute atomic E-state index is 11.9. The summed E-state index contributed by atoms with van der Waals surface area (Å²) in [6.07, 6.45) is 0.379. The fourth-order valence-electron chi connectivity index (χ4n) is 2.08. The molecule has 5 nitrogen and oxygen atoms in total. The minimum atomic E-state index is -0.0447. The Labute approximate surface area is 136 Å². The highest BCUT2D eigenvalue weighted by Gasteiger charge is 2.03. The molecule has 0 aliphatic carbocycles. The molecule has 0 heterocycles. The van der Waals surface area contributed by atoms with Crippen LogP contribution in [0.1, 0.15) is 13.3 Å². The van der Waals surface area contributed by atoms with E-state index in [0.29, 0.717) is 19.6 Å². The Morgan fingerprint density at radius 1 is 1.04 bits per heavy atom. The quantitative estimate of drug-likeness (QED) is 0.782. The fraction of sp³-hybridized carbons (Fsp3) is 0.278. The Morgan fingerprint density at radius 2 is 1.83 bits per heavy atom. The highest BCUT2D eigenvalue weighted by Crippen LogP contribution is 2.17. The molecule has 0 unspecified atom stereocenters. The van der Waals surface area contributed by atoms with Gasteiger partial charge in [-0.05, 0) is 43.3 Å². The summed E-state index contributed by atoms with van der Waals surface area (Å²) in [4.78, 5) is 11.9. The van der Waals surface area contributed by atoms with Crippen LogP contribution >= 0.6 is 0 Å². The molecule has 2 aromatic rings. The third kappa shape index (κ3) is 5.54. The van der Waals surface area contributed by atoms with E-state index in [1.54, 1.807) is 13.2 Å². The van der Waals surface area contributed by atoms with E-state index in [1.165, 1.54) is 0 Å². The Balaban J connectivity index is 1.75. The van der Waals surface area contributed by atoms with Gasteiger partial charge in [-0.15, -0.1) is 0 Å². The van der Waals surface area contributed by atoms with E-state index in [4.69, 9.17) is 9.47 Å². The number of anilines is 2. The molecule has 0 aromatic heterocycles. The lowest BCUT2D eigenvalue weighted by Gasteiger charge is -2.09. The second kappa shape index (κ2) is 8.68. The summed E-state index contributed by atoms with van der Waals surface area (Å²) >= 11 is 0. The van der Waals surface area contributed by atoms with Gasteiger partial charge in [-0.1, -0.05) is 6.07 Å². The first-order chi connectivity index (χ1) is 11.2. The molecule has 5 heteroatoms. The molecular weight excluding hydrogens is 292 g/mol. The lowest BCUT2D eigenvalue weighted by Crippen LogP contribution is -2.16. The summed E-state index contributed by atoms with van der Waals surface area (Å²) in [6, 6.07) is 15.0. The molecule has 23 heavy (non-hydrogen) atoms. The molecule has 0 fully saturated rings. The van der Waals surface area contributed by atoms with Crippen LogP contribution in [0.15, 0.2) is 48.5 Å². The van der Waals surface area contributed by atoms with E-state index in [9.17, 15) is 4.79 Å². The Morgan fingerprint density at radius 3 is 2.52 bits per heavy atom. The van der Waals surface area contributed by atoms with Crippen LogP contribution in [0.4, 0.5) is 11.4 Å². The molecule has 2 aromatic carbocycles. The first kappa shape index (κ1) is 16.7. The lowest BCUT2D eigenvalue weighted by atomic mass is 10.2. The number of nitrogens with one attached hydrogen (secondary N) is 2. The van der Waals surface area contributed by atoms with E-state index in [2.05, 4.69) is 10.6 Å². The minimum Gasteiger partial charge on any atom is -0.497 e. The molecule has 0 saturated heterocycles. The van der Waals surface area contributed by atoms with Crippen molar-refractivity contribution in [2.24, 2.45) is 0 Å². The Kier molecular flexibility index (Phi) is 6.29. The summed E-state index contributed by atoms with van der Waals surface area (Å²) in [5.41, 5.74) is 1.69. The van der Waals surface area contributed by atoms with Crippen LogP contribution in [-0.2, 0) is 4.79 Å². The number of carbonyl (C=O) groups excluding carboxylic acids is 1. The molecule has 0 aliphatic heterocycles. The molecule has 1 amide bonds. The normalized spacial score (nSPS) is 10.0. The van der Waals surface area contributed by atoms with Gasteiger partial charge in [0.25, 0.3) is 0 Å². The van der Waals surface area contributed by atoms with Crippen LogP contribution in [-0.4, -0.2) is 26.2 Å². The predicted molar refractivity (Wildman–Crippen MR) is 92.3 cm³/mol. The molecule has 0 spiro atoms. The van der Waals surface area contributed by atoms with Crippen molar-refractivity contribution in [3.63, 3.8) is 0 Å². The molecule has 0 bridgehead atoms. The van der Waals surface area contributed by atoms with Gasteiger partial charge in [0.2, 0.25) is 5.91 Å². The zero-order chi connectivity index (χ0) is 16.5. The molecule has 2 N–H and O–H groups in total. The number of methoxy groups -OCH3 is 1. The summed E-state index contributed by atoms with van der Waals surface area (Å²) in [5, 5.41) is 6.06. The third-order valence-corrected chi connectivity index (χ3v) is 3.20. The zero-order valence-electron chi connectivity index (χ0n) is 13.5. The number of ether oxygens (including phenoxy) is 2. The monoisotopic (exact) mass is 314 g/mol. The van der Waals surface area contributed by atoms with Crippen molar-refractivity contribution >= 4 is 17.3 Å². The van der Waals surface area contributed by atoms with Crippen molar-refractivity contribution in [1.29, 1.82) is 0 Å². The molecular formula is C18H22N2O3. The summed E-state index contributed by atoms with van der Waals surface area (Å²) in [6.45, 7) is 3.16. The van der Waals surface area contributed by atoms with Gasteiger partial charge in [-0.3, -0.25) is 4.79 Å². The Bertz CT molecular complexity index is 626. The standard InChI is InChI=1S/C18H22N2O3/c1-3-23-16-9-7-14(8-10-16)19-12-11-18(21)20-15-5-4-6-17(13-15)22-2/h4-10,13,19H,3,11-12H2,1-2H3,(H,20,21). The first-order valence-electron chi connectivity index (χ1n) is 7.62. The van der Waals surface area contributed by atoms with E-state index in [-0.39, 0.29) is 5.91 Å². The number of amides is 1. The van der Waals surface area contributed by atoms with Gasteiger partial charge >= 0.3 is 0 Å². The van der Waals surface area contributed by atoms with Gasteiger partial charge in [-0.2, -0.15) is 0 Å². The molecule has 0 aliphatic rings. The number of hydrogen-bond donors (Lipinski definition) is 2. The second-order valence-corrected chi connectivity index (χ2v) is 4.91. The van der Waals surface area contributed by atoms with E-state index in [0.717, 1.165) is 22.9 Å².